The molecule has 0 saturated carbocycles. The van der Waals surface area contributed by atoms with Crippen molar-refractivity contribution in [2.75, 3.05) is 18.0 Å². The molecule has 0 aromatic heterocycles. The van der Waals surface area contributed by atoms with Gasteiger partial charge in [-0.15, -0.1) is 0 Å². The van der Waals surface area contributed by atoms with Crippen molar-refractivity contribution in [3.8, 4) is 0 Å². The Morgan fingerprint density at radius 2 is 1.62 bits per heavy atom. The molecule has 2 heterocycles. The van der Waals surface area contributed by atoms with Crippen LogP contribution in [0.3, 0.4) is 0 Å². The number of rotatable bonds is 2. The number of fused-ring (bicyclic) bond motifs is 2. The Balaban J connectivity index is 1.80. The minimum atomic E-state index is -1.02. The van der Waals surface area contributed by atoms with Gasteiger partial charge in [0.1, 0.15) is 0 Å². The van der Waals surface area contributed by atoms with Crippen molar-refractivity contribution in [3.05, 3.63) is 77.4 Å². The molecule has 4 rings (SSSR count). The van der Waals surface area contributed by atoms with Crippen LogP contribution >= 0.6 is 0 Å². The van der Waals surface area contributed by atoms with Crippen LogP contribution in [0.4, 0.5) is 5.69 Å². The fourth-order valence-electron chi connectivity index (χ4n) is 3.84. The molecular weight excluding hydrogens is 296 g/mol. The van der Waals surface area contributed by atoms with Crippen LogP contribution in [-0.4, -0.2) is 28.9 Å². The Kier molecular flexibility index (Phi) is 3.91. The number of benzene rings is 2. The first-order chi connectivity index (χ1) is 11.7. The lowest BCUT2D eigenvalue weighted by Gasteiger charge is -2.46. The molecule has 2 aliphatic rings. The zero-order valence-corrected chi connectivity index (χ0v) is 14.2. The minimum absolute atomic E-state index is 0.723. The van der Waals surface area contributed by atoms with E-state index in [1.54, 1.807) is 0 Å². The molecule has 2 aliphatic heterocycles. The van der Waals surface area contributed by atoms with E-state index in [0.717, 1.165) is 38.2 Å². The van der Waals surface area contributed by atoms with Crippen LogP contribution in [-0.2, 0) is 13.0 Å². The number of aliphatic hydroxyl groups is 1. The number of nitrogens with zero attached hydrogens (tertiary/aromatic N) is 2. The summed E-state index contributed by atoms with van der Waals surface area (Å²) in [5.74, 6) is -1.02. The van der Waals surface area contributed by atoms with Gasteiger partial charge in [-0.25, -0.2) is 0 Å². The van der Waals surface area contributed by atoms with E-state index in [4.69, 9.17) is 0 Å². The normalized spacial score (nSPS) is 20.0. The molecule has 0 saturated heterocycles. The molecule has 0 fully saturated rings. The van der Waals surface area contributed by atoms with Crippen molar-refractivity contribution < 1.29 is 5.11 Å². The first-order valence-corrected chi connectivity index (χ1v) is 8.71. The van der Waals surface area contributed by atoms with E-state index in [-0.39, 0.29) is 0 Å². The highest BCUT2D eigenvalue weighted by molar-refractivity contribution is 5.59. The minimum Gasteiger partial charge on any atom is -0.358 e. The topological polar surface area (TPSA) is 26.7 Å². The first kappa shape index (κ1) is 15.4. The average molecular weight is 320 g/mol. The van der Waals surface area contributed by atoms with E-state index in [0.29, 0.717) is 0 Å². The molecule has 1 N–H and O–H groups in total. The first-order valence-electron chi connectivity index (χ1n) is 8.71. The van der Waals surface area contributed by atoms with Gasteiger partial charge in [-0.05, 0) is 42.5 Å². The molecular formula is C21H24N2O. The lowest BCUT2D eigenvalue weighted by Crippen LogP contribution is -2.59. The second kappa shape index (κ2) is 6.08. The van der Waals surface area contributed by atoms with Gasteiger partial charge < -0.3 is 10.0 Å². The molecule has 0 spiro atoms. The predicted octanol–water partition coefficient (Wildman–Crippen LogP) is 3.53. The van der Waals surface area contributed by atoms with Gasteiger partial charge in [0, 0.05) is 25.3 Å². The zero-order valence-electron chi connectivity index (χ0n) is 14.2. The number of hydrogen-bond donors (Lipinski definition) is 1. The van der Waals surface area contributed by atoms with Crippen molar-refractivity contribution in [2.45, 2.75) is 32.2 Å². The van der Waals surface area contributed by atoms with E-state index in [9.17, 15) is 5.11 Å². The summed E-state index contributed by atoms with van der Waals surface area (Å²) >= 11 is 0. The van der Waals surface area contributed by atoms with Crippen LogP contribution in [0.25, 0.3) is 0 Å². The fraction of sp³-hybridized carbons (Fsp3) is 0.333. The monoisotopic (exact) mass is 320 g/mol. The third kappa shape index (κ3) is 2.64. The van der Waals surface area contributed by atoms with Crippen LogP contribution in [0, 0.1) is 0 Å². The standard InChI is InChI=1S/C21H24N2O/c1-21(24,22-13-7-2-8-14-22)23-16-19-11-4-3-9-17(19)15-18-10-5-6-12-20(18)23/h2-7,9-12,24H,8,13-16H2,1H3. The van der Waals surface area contributed by atoms with Crippen molar-refractivity contribution in [1.82, 2.24) is 4.90 Å². The molecule has 24 heavy (non-hydrogen) atoms. The Labute approximate surface area is 143 Å². The summed E-state index contributed by atoms with van der Waals surface area (Å²) in [6.45, 7) is 4.31. The molecule has 0 radical (unpaired) electrons. The zero-order chi connectivity index (χ0) is 16.6. The number of para-hydroxylation sites is 1. The van der Waals surface area contributed by atoms with E-state index in [1.165, 1.54) is 16.7 Å². The summed E-state index contributed by atoms with van der Waals surface area (Å²) in [6, 6.07) is 17.0. The molecule has 1 unspecified atom stereocenters. The van der Waals surface area contributed by atoms with Gasteiger partial charge in [0.15, 0.2) is 5.85 Å². The van der Waals surface area contributed by atoms with Gasteiger partial charge in [0.2, 0.25) is 0 Å². The summed E-state index contributed by atoms with van der Waals surface area (Å²) in [7, 11) is 0. The SMILES string of the molecule is CC(O)(N1CC=CCC1)N1Cc2ccccc2Cc2ccccc21. The number of hydrogen-bond acceptors (Lipinski definition) is 3. The summed E-state index contributed by atoms with van der Waals surface area (Å²) in [4.78, 5) is 4.31. The quantitative estimate of drug-likeness (QED) is 0.858. The Morgan fingerprint density at radius 3 is 2.38 bits per heavy atom. The highest BCUT2D eigenvalue weighted by Gasteiger charge is 2.38. The fourth-order valence-corrected chi connectivity index (χ4v) is 3.84. The van der Waals surface area contributed by atoms with Gasteiger partial charge in [-0.1, -0.05) is 54.6 Å². The molecule has 1 atom stereocenters. The Morgan fingerprint density at radius 1 is 0.917 bits per heavy atom. The van der Waals surface area contributed by atoms with Gasteiger partial charge in [0.05, 0.1) is 0 Å². The summed E-state index contributed by atoms with van der Waals surface area (Å²) in [5, 5.41) is 11.5. The van der Waals surface area contributed by atoms with Crippen molar-refractivity contribution in [3.63, 3.8) is 0 Å². The van der Waals surface area contributed by atoms with Crippen molar-refractivity contribution in [2.24, 2.45) is 0 Å². The lowest BCUT2D eigenvalue weighted by atomic mass is 10.0. The maximum Gasteiger partial charge on any atom is 0.195 e. The van der Waals surface area contributed by atoms with Gasteiger partial charge in [-0.2, -0.15) is 0 Å². The molecule has 124 valence electrons. The summed E-state index contributed by atoms with van der Waals surface area (Å²) < 4.78 is 0. The second-order valence-corrected chi connectivity index (χ2v) is 6.84. The van der Waals surface area contributed by atoms with Crippen LogP contribution in [0.15, 0.2) is 60.7 Å². The smallest absolute Gasteiger partial charge is 0.195 e. The summed E-state index contributed by atoms with van der Waals surface area (Å²) in [5.41, 5.74) is 5.05. The third-order valence-electron chi connectivity index (χ3n) is 5.28. The molecule has 3 heteroatoms. The highest BCUT2D eigenvalue weighted by atomic mass is 16.3. The van der Waals surface area contributed by atoms with Crippen LogP contribution in [0.2, 0.25) is 0 Å². The average Bonchev–Trinajstić information content (AvgIpc) is 2.79. The van der Waals surface area contributed by atoms with Crippen molar-refractivity contribution in [1.29, 1.82) is 0 Å². The summed E-state index contributed by atoms with van der Waals surface area (Å²) in [6.07, 6.45) is 6.24. The largest absolute Gasteiger partial charge is 0.358 e. The predicted molar refractivity (Wildman–Crippen MR) is 97.8 cm³/mol. The van der Waals surface area contributed by atoms with E-state index < -0.39 is 5.85 Å². The molecule has 2 aromatic carbocycles. The van der Waals surface area contributed by atoms with Gasteiger partial charge in [0.25, 0.3) is 0 Å². The Bertz CT molecular complexity index is 766. The second-order valence-electron chi connectivity index (χ2n) is 6.84. The molecule has 0 amide bonds. The Hall–Kier alpha value is -2.10. The molecule has 2 aromatic rings. The van der Waals surface area contributed by atoms with Crippen LogP contribution in [0.1, 0.15) is 30.0 Å². The van der Waals surface area contributed by atoms with E-state index in [1.807, 2.05) is 6.92 Å². The van der Waals surface area contributed by atoms with E-state index >= 15 is 0 Å². The molecule has 0 aliphatic carbocycles. The third-order valence-corrected chi connectivity index (χ3v) is 5.28. The highest BCUT2D eigenvalue weighted by Crippen LogP contribution is 2.36. The van der Waals surface area contributed by atoms with Gasteiger partial charge >= 0.3 is 0 Å². The van der Waals surface area contributed by atoms with Gasteiger partial charge in [-0.3, -0.25) is 4.90 Å². The van der Waals surface area contributed by atoms with Crippen LogP contribution < -0.4 is 4.90 Å². The molecule has 3 nitrogen and oxygen atoms in total. The van der Waals surface area contributed by atoms with Crippen molar-refractivity contribution >= 4 is 5.69 Å². The van der Waals surface area contributed by atoms with Crippen LogP contribution in [0.5, 0.6) is 0 Å². The lowest BCUT2D eigenvalue weighted by molar-refractivity contribution is -0.0916. The van der Waals surface area contributed by atoms with E-state index in [2.05, 4.69) is 70.5 Å². The maximum atomic E-state index is 11.5. The maximum absolute atomic E-state index is 11.5. The number of anilines is 1. The molecule has 0 bridgehead atoms.